The van der Waals surface area contributed by atoms with Crippen LogP contribution in [0.5, 0.6) is 11.5 Å². The zero-order valence-corrected chi connectivity index (χ0v) is 17.0. The molecule has 2 aromatic carbocycles. The number of benzene rings is 2. The van der Waals surface area contributed by atoms with Crippen LogP contribution in [-0.4, -0.2) is 18.3 Å². The molecule has 3 aromatic rings. The Labute approximate surface area is 171 Å². The number of hydrazone groups is 1. The number of aromatic nitrogens is 1. The summed E-state index contributed by atoms with van der Waals surface area (Å²) in [5, 5.41) is 7.91. The highest BCUT2D eigenvalue weighted by atomic mass is 35.5. The smallest absolute Gasteiger partial charge is 0.203 e. The molecular formula is C19H17Cl2N3O2S. The Balaban J connectivity index is 1.65. The number of ether oxygens (including phenoxy) is 2. The lowest BCUT2D eigenvalue weighted by molar-refractivity contribution is 0.284. The van der Waals surface area contributed by atoms with E-state index in [4.69, 9.17) is 32.7 Å². The summed E-state index contributed by atoms with van der Waals surface area (Å²) < 4.78 is 11.3. The van der Waals surface area contributed by atoms with Gasteiger partial charge in [0.05, 0.1) is 29.1 Å². The topological polar surface area (TPSA) is 55.7 Å². The zero-order chi connectivity index (χ0) is 19.2. The molecule has 0 spiro atoms. The van der Waals surface area contributed by atoms with E-state index in [1.54, 1.807) is 25.5 Å². The highest BCUT2D eigenvalue weighted by Crippen LogP contribution is 2.29. The van der Waals surface area contributed by atoms with Crippen LogP contribution in [0.15, 0.2) is 46.9 Å². The Bertz CT molecular complexity index is 960. The van der Waals surface area contributed by atoms with Crippen molar-refractivity contribution in [1.29, 1.82) is 0 Å². The summed E-state index contributed by atoms with van der Waals surface area (Å²) in [5.74, 6) is 1.24. The number of halogens is 2. The lowest BCUT2D eigenvalue weighted by Crippen LogP contribution is -1.99. The fourth-order valence-corrected chi connectivity index (χ4v) is 3.20. The lowest BCUT2D eigenvalue weighted by atomic mass is 10.2. The van der Waals surface area contributed by atoms with Gasteiger partial charge in [-0.3, -0.25) is 5.43 Å². The van der Waals surface area contributed by atoms with E-state index in [2.05, 4.69) is 15.5 Å². The summed E-state index contributed by atoms with van der Waals surface area (Å²) in [6.45, 7) is 2.29. The average Bonchev–Trinajstić information content (AvgIpc) is 3.08. The fourth-order valence-electron chi connectivity index (χ4n) is 2.24. The van der Waals surface area contributed by atoms with E-state index in [0.717, 1.165) is 22.0 Å². The van der Waals surface area contributed by atoms with E-state index in [1.807, 2.05) is 36.6 Å². The van der Waals surface area contributed by atoms with Crippen molar-refractivity contribution in [3.05, 3.63) is 68.6 Å². The fraction of sp³-hybridized carbons (Fsp3) is 0.158. The number of nitrogens with one attached hydrogen (secondary N) is 1. The molecule has 0 aliphatic carbocycles. The van der Waals surface area contributed by atoms with Gasteiger partial charge >= 0.3 is 0 Å². The molecule has 0 bridgehead atoms. The van der Waals surface area contributed by atoms with Crippen molar-refractivity contribution in [2.24, 2.45) is 5.10 Å². The number of hydrogen-bond donors (Lipinski definition) is 1. The molecule has 0 unspecified atom stereocenters. The highest BCUT2D eigenvalue weighted by Gasteiger charge is 2.07. The minimum atomic E-state index is 0.353. The van der Waals surface area contributed by atoms with Crippen molar-refractivity contribution in [2.75, 3.05) is 12.5 Å². The molecule has 140 valence electrons. The molecule has 0 atom stereocenters. The molecule has 5 nitrogen and oxygen atoms in total. The second kappa shape index (κ2) is 9.08. The molecule has 0 amide bonds. The van der Waals surface area contributed by atoms with E-state index >= 15 is 0 Å². The van der Waals surface area contributed by atoms with Crippen LogP contribution < -0.4 is 14.9 Å². The van der Waals surface area contributed by atoms with Gasteiger partial charge in [-0.2, -0.15) is 5.10 Å². The summed E-state index contributed by atoms with van der Waals surface area (Å²) in [6.07, 6.45) is 1.70. The van der Waals surface area contributed by atoms with Gasteiger partial charge in [0, 0.05) is 5.38 Å². The molecule has 1 heterocycles. The third kappa shape index (κ3) is 5.35. The standard InChI is InChI=1S/C19H17Cl2N3O2S/c1-12-11-27-19(23-12)24-22-9-13-4-6-17(18(8-13)25-2)26-10-14-3-5-15(20)16(21)7-14/h3-9,11H,10H2,1-2H3,(H,23,24)/b22-9-. The molecule has 0 aliphatic rings. The number of hydrogen-bond acceptors (Lipinski definition) is 6. The van der Waals surface area contributed by atoms with E-state index < -0.39 is 0 Å². The first-order valence-corrected chi connectivity index (χ1v) is 9.64. The molecule has 3 rings (SSSR count). The Morgan fingerprint density at radius 3 is 2.70 bits per heavy atom. The van der Waals surface area contributed by atoms with Gasteiger partial charge in [0.15, 0.2) is 11.5 Å². The third-order valence-electron chi connectivity index (χ3n) is 3.56. The Morgan fingerprint density at radius 1 is 1.15 bits per heavy atom. The van der Waals surface area contributed by atoms with Gasteiger partial charge in [0.1, 0.15) is 6.61 Å². The van der Waals surface area contributed by atoms with E-state index in [0.29, 0.717) is 28.2 Å². The normalized spacial score (nSPS) is 11.0. The van der Waals surface area contributed by atoms with Crippen LogP contribution in [0.25, 0.3) is 0 Å². The molecule has 1 aromatic heterocycles. The van der Waals surface area contributed by atoms with Gasteiger partial charge in [0.25, 0.3) is 0 Å². The molecule has 0 saturated carbocycles. The summed E-state index contributed by atoms with van der Waals surface area (Å²) in [5.41, 5.74) is 5.65. The lowest BCUT2D eigenvalue weighted by Gasteiger charge is -2.11. The quantitative estimate of drug-likeness (QED) is 0.387. The number of anilines is 1. The van der Waals surface area contributed by atoms with Crippen LogP contribution in [0.3, 0.4) is 0 Å². The maximum Gasteiger partial charge on any atom is 0.203 e. The largest absolute Gasteiger partial charge is 0.493 e. The minimum absolute atomic E-state index is 0.353. The third-order valence-corrected chi connectivity index (χ3v) is 5.16. The van der Waals surface area contributed by atoms with Gasteiger partial charge in [-0.15, -0.1) is 11.3 Å². The van der Waals surface area contributed by atoms with Crippen LogP contribution >= 0.6 is 34.5 Å². The summed E-state index contributed by atoms with van der Waals surface area (Å²) >= 11 is 13.5. The van der Waals surface area contributed by atoms with Crippen LogP contribution in [0.4, 0.5) is 5.13 Å². The van der Waals surface area contributed by atoms with Gasteiger partial charge in [0.2, 0.25) is 5.13 Å². The summed E-state index contributed by atoms with van der Waals surface area (Å²) in [4.78, 5) is 4.29. The van der Waals surface area contributed by atoms with Gasteiger partial charge in [-0.25, -0.2) is 4.98 Å². The monoisotopic (exact) mass is 421 g/mol. The van der Waals surface area contributed by atoms with Gasteiger partial charge < -0.3 is 9.47 Å². The van der Waals surface area contributed by atoms with Gasteiger partial charge in [-0.1, -0.05) is 29.3 Å². The molecule has 0 fully saturated rings. The molecule has 0 aliphatic heterocycles. The second-order valence-corrected chi connectivity index (χ2v) is 7.28. The maximum atomic E-state index is 6.03. The summed E-state index contributed by atoms with van der Waals surface area (Å²) in [6, 6.07) is 11.0. The number of nitrogens with zero attached hydrogens (tertiary/aromatic N) is 2. The predicted molar refractivity (Wildman–Crippen MR) is 112 cm³/mol. The molecule has 8 heteroatoms. The molecule has 1 N–H and O–H groups in total. The number of rotatable bonds is 7. The van der Waals surface area contributed by atoms with Crippen molar-refractivity contribution in [3.63, 3.8) is 0 Å². The molecule has 27 heavy (non-hydrogen) atoms. The Kier molecular flexibility index (Phi) is 6.55. The number of thiazole rings is 1. The zero-order valence-electron chi connectivity index (χ0n) is 14.7. The average molecular weight is 422 g/mol. The Hall–Kier alpha value is -2.28. The minimum Gasteiger partial charge on any atom is -0.493 e. The maximum absolute atomic E-state index is 6.03. The van der Waals surface area contributed by atoms with E-state index in [9.17, 15) is 0 Å². The van der Waals surface area contributed by atoms with E-state index in [-0.39, 0.29) is 0 Å². The Morgan fingerprint density at radius 2 is 2.00 bits per heavy atom. The molecular weight excluding hydrogens is 405 g/mol. The van der Waals surface area contributed by atoms with E-state index in [1.165, 1.54) is 11.3 Å². The van der Waals surface area contributed by atoms with Crippen molar-refractivity contribution in [3.8, 4) is 11.5 Å². The van der Waals surface area contributed by atoms with Crippen LogP contribution in [0.1, 0.15) is 16.8 Å². The molecule has 0 saturated heterocycles. The first kappa shape index (κ1) is 19.5. The first-order valence-electron chi connectivity index (χ1n) is 8.01. The molecule has 0 radical (unpaired) electrons. The van der Waals surface area contributed by atoms with Crippen molar-refractivity contribution >= 4 is 45.9 Å². The van der Waals surface area contributed by atoms with Gasteiger partial charge in [-0.05, 0) is 48.4 Å². The van der Waals surface area contributed by atoms with Crippen LogP contribution in [-0.2, 0) is 6.61 Å². The predicted octanol–water partition coefficient (Wildman–Crippen LogP) is 5.79. The highest BCUT2D eigenvalue weighted by molar-refractivity contribution is 7.13. The first-order chi connectivity index (χ1) is 13.0. The number of aryl methyl sites for hydroxylation is 1. The summed E-state index contributed by atoms with van der Waals surface area (Å²) in [7, 11) is 1.60. The van der Waals surface area contributed by atoms with Crippen molar-refractivity contribution in [2.45, 2.75) is 13.5 Å². The second-order valence-electron chi connectivity index (χ2n) is 5.61. The number of methoxy groups -OCH3 is 1. The van der Waals surface area contributed by atoms with Crippen LogP contribution in [0, 0.1) is 6.92 Å². The van der Waals surface area contributed by atoms with Crippen LogP contribution in [0.2, 0.25) is 10.0 Å². The van der Waals surface area contributed by atoms with Crippen molar-refractivity contribution in [1.82, 2.24) is 4.98 Å². The van der Waals surface area contributed by atoms with Crippen molar-refractivity contribution < 1.29 is 9.47 Å². The SMILES string of the molecule is COc1cc(/C=N\Nc2nc(C)cs2)ccc1OCc1ccc(Cl)c(Cl)c1.